The number of carboxylic acids is 2. The Kier molecular flexibility index (Phi) is 25.2. The fourth-order valence-electron chi connectivity index (χ4n) is 8.27. The molecule has 8 atom stereocenters. The van der Waals surface area contributed by atoms with E-state index in [1.807, 2.05) is 6.92 Å². The van der Waals surface area contributed by atoms with Gasteiger partial charge < -0.3 is 74.3 Å². The number of rotatable bonds is 32. The Morgan fingerprint density at radius 2 is 1.39 bits per heavy atom. The molecule has 1 aromatic heterocycles. The van der Waals surface area contributed by atoms with Gasteiger partial charge in [-0.25, -0.2) is 9.78 Å². The van der Waals surface area contributed by atoms with Gasteiger partial charge in [0.25, 0.3) is 0 Å². The molecule has 0 bridgehead atoms. The van der Waals surface area contributed by atoms with Gasteiger partial charge in [-0.2, -0.15) is 11.8 Å². The maximum absolute atomic E-state index is 14.6. The van der Waals surface area contributed by atoms with Gasteiger partial charge in [-0.1, -0.05) is 69.7 Å². The van der Waals surface area contributed by atoms with Crippen molar-refractivity contribution in [3.63, 3.8) is 0 Å². The number of aromatic amines is 1. The molecule has 1 fully saturated rings. The zero-order valence-corrected chi connectivity index (χ0v) is 44.3. The first kappa shape index (κ1) is 61.8. The largest absolute Gasteiger partial charge is 0.508 e. The standard InChI is InChI=1S/C51H73N13O12S/c1-4-5-21-77-27-39(46(71)60-37(24-32-26-55-28-57-32)49(74)64-20-10-14-40(64)47(72)61-38(50(75)76)23-30-11-7-6-8-12-30)62-45(70)36(22-31-15-17-33(65)18-16-31)59-48(73)42(29(2)3)63-44(69)35(13-9-19-56-51(53)54)58-43(68)34(52)25-41(66)67/h6-8,11-12,15-18,26,28-29,34-40,42,65H,4-5,9-10,13-14,19-25,27,52H2,1-3H3,(H,55,57)(H,58,68)(H,59,73)(H,60,71)(H,61,72)(H,62,70)(H,63,69)(H,66,67)(H,75,76)(H4,53,54,56)/t34-,35-,36-,37-,38-,39-,40-,42-/m0/s1. The number of nitrogens with two attached hydrogens (primary N) is 3. The van der Waals surface area contributed by atoms with Gasteiger partial charge >= 0.3 is 11.9 Å². The second-order valence-electron chi connectivity index (χ2n) is 19.0. The van der Waals surface area contributed by atoms with Crippen LogP contribution in [0.25, 0.3) is 0 Å². The van der Waals surface area contributed by atoms with Crippen molar-refractivity contribution in [1.82, 2.24) is 46.8 Å². The number of amides is 7. The van der Waals surface area contributed by atoms with E-state index in [0.717, 1.165) is 12.8 Å². The Bertz CT molecular complexity index is 2480. The van der Waals surface area contributed by atoms with Crippen molar-refractivity contribution in [2.45, 2.75) is 133 Å². The Morgan fingerprint density at radius 1 is 0.766 bits per heavy atom. The van der Waals surface area contributed by atoms with Gasteiger partial charge in [0.1, 0.15) is 48.0 Å². The monoisotopic (exact) mass is 1090 g/mol. The number of aliphatic carboxylic acids is 2. The number of thioether (sulfide) groups is 1. The minimum absolute atomic E-state index is 0.00146. The summed E-state index contributed by atoms with van der Waals surface area (Å²) in [5.41, 5.74) is 18.3. The lowest BCUT2D eigenvalue weighted by Gasteiger charge is -2.31. The number of phenols is 1. The predicted octanol–water partition coefficient (Wildman–Crippen LogP) is -0.828. The van der Waals surface area contributed by atoms with Crippen molar-refractivity contribution in [1.29, 1.82) is 0 Å². The number of carbonyl (C=O) groups excluding carboxylic acids is 7. The van der Waals surface area contributed by atoms with E-state index in [-0.39, 0.29) is 69.1 Å². The molecule has 2 heterocycles. The molecule has 1 saturated heterocycles. The fraction of sp³-hybridized carbons (Fsp3) is 0.510. The molecule has 0 aliphatic carbocycles. The lowest BCUT2D eigenvalue weighted by Crippen LogP contribution is -2.61. The zero-order valence-electron chi connectivity index (χ0n) is 43.4. The molecular formula is C51H73N13O12S. The van der Waals surface area contributed by atoms with Gasteiger partial charge in [0.2, 0.25) is 41.4 Å². The highest BCUT2D eigenvalue weighted by atomic mass is 32.2. The number of nitrogens with zero attached hydrogens (tertiary/aromatic N) is 3. The van der Waals surface area contributed by atoms with Crippen LogP contribution in [0.15, 0.2) is 72.1 Å². The molecule has 4 rings (SSSR count). The number of nitrogens with one attached hydrogen (secondary N) is 7. The molecule has 77 heavy (non-hydrogen) atoms. The van der Waals surface area contributed by atoms with Crippen LogP contribution in [-0.2, 0) is 62.4 Å². The Labute approximate surface area is 450 Å². The highest BCUT2D eigenvalue weighted by Gasteiger charge is 2.40. The number of carboxylic acid groups (broad SMARTS) is 2. The normalized spacial score (nSPS) is 15.8. The van der Waals surface area contributed by atoms with Gasteiger partial charge in [0, 0.05) is 50.0 Å². The van der Waals surface area contributed by atoms with Crippen molar-refractivity contribution in [2.75, 3.05) is 24.6 Å². The van der Waals surface area contributed by atoms with Crippen molar-refractivity contribution < 1.29 is 58.5 Å². The summed E-state index contributed by atoms with van der Waals surface area (Å²) < 4.78 is 0. The van der Waals surface area contributed by atoms with Gasteiger partial charge in [-0.3, -0.25) is 43.3 Å². The predicted molar refractivity (Wildman–Crippen MR) is 285 cm³/mol. The molecule has 1 aliphatic heterocycles. The smallest absolute Gasteiger partial charge is 0.326 e. The van der Waals surface area contributed by atoms with Crippen LogP contribution >= 0.6 is 11.8 Å². The van der Waals surface area contributed by atoms with E-state index in [1.165, 1.54) is 53.5 Å². The van der Waals surface area contributed by atoms with E-state index < -0.39 is 114 Å². The van der Waals surface area contributed by atoms with E-state index in [1.54, 1.807) is 44.2 Å². The number of likely N-dealkylation sites (tertiary alicyclic amines) is 1. The minimum atomic E-state index is -1.51. The minimum Gasteiger partial charge on any atom is -0.508 e. The van der Waals surface area contributed by atoms with Crippen LogP contribution in [0, 0.1) is 5.92 Å². The molecular weight excluding hydrogens is 1020 g/mol. The van der Waals surface area contributed by atoms with E-state index in [2.05, 4.69) is 46.9 Å². The summed E-state index contributed by atoms with van der Waals surface area (Å²) in [6.45, 7) is 5.43. The van der Waals surface area contributed by atoms with Crippen molar-refractivity contribution in [3.05, 3.63) is 83.9 Å². The van der Waals surface area contributed by atoms with Crippen LogP contribution in [0.1, 0.15) is 82.5 Å². The van der Waals surface area contributed by atoms with Crippen LogP contribution in [0.3, 0.4) is 0 Å². The third-order valence-electron chi connectivity index (χ3n) is 12.5. The third-order valence-corrected chi connectivity index (χ3v) is 13.6. The van der Waals surface area contributed by atoms with Gasteiger partial charge in [-0.15, -0.1) is 0 Å². The maximum atomic E-state index is 14.6. The van der Waals surface area contributed by atoms with Crippen molar-refractivity contribution >= 4 is 71.0 Å². The lowest BCUT2D eigenvalue weighted by atomic mass is 9.99. The Balaban J connectivity index is 1.61. The maximum Gasteiger partial charge on any atom is 0.326 e. The fourth-order valence-corrected chi connectivity index (χ4v) is 9.40. The average Bonchev–Trinajstić information content (AvgIpc) is 4.11. The number of unbranched alkanes of at least 4 members (excludes halogenated alkanes) is 1. The number of aromatic nitrogens is 2. The molecule has 0 spiro atoms. The molecule has 420 valence electrons. The molecule has 7 amide bonds. The number of imidazole rings is 1. The number of H-pyrrole nitrogens is 1. The molecule has 0 unspecified atom stereocenters. The number of phenolic OH excluding ortho intramolecular Hbond substituents is 1. The number of guanidine groups is 1. The number of hydrogen-bond donors (Lipinski definition) is 13. The number of carbonyl (C=O) groups is 9. The summed E-state index contributed by atoms with van der Waals surface area (Å²) >= 11 is 1.36. The summed E-state index contributed by atoms with van der Waals surface area (Å²) in [5, 5.41) is 45.2. The summed E-state index contributed by atoms with van der Waals surface area (Å²) in [4.78, 5) is 135. The molecule has 26 heteroatoms. The summed E-state index contributed by atoms with van der Waals surface area (Å²) in [5.74, 6) is -8.42. The molecule has 16 N–H and O–H groups in total. The Morgan fingerprint density at radius 3 is 2.01 bits per heavy atom. The van der Waals surface area contributed by atoms with Crippen molar-refractivity contribution in [3.8, 4) is 5.75 Å². The first-order chi connectivity index (χ1) is 36.7. The van der Waals surface area contributed by atoms with Gasteiger partial charge in [0.05, 0.1) is 18.8 Å². The van der Waals surface area contributed by atoms with Gasteiger partial charge in [0.15, 0.2) is 5.96 Å². The third kappa shape index (κ3) is 20.7. The Hall–Kier alpha value is -7.74. The average molecular weight is 1090 g/mol. The molecule has 2 aromatic carbocycles. The SMILES string of the molecule is CCCCSC[C@H](NC(=O)[C@H](Cc1ccc(O)cc1)NC(=O)[C@@H](NC(=O)[C@H](CCCN=C(N)N)NC(=O)[C@@H](N)CC(=O)O)C(C)C)C(=O)N[C@@H](Cc1cnc[nH]1)C(=O)N1CCC[C@H]1C(=O)N[C@@H](Cc1ccccc1)C(=O)O. The molecule has 0 radical (unpaired) electrons. The van der Waals surface area contributed by atoms with E-state index >= 15 is 0 Å². The highest BCUT2D eigenvalue weighted by molar-refractivity contribution is 7.99. The summed E-state index contributed by atoms with van der Waals surface area (Å²) in [6, 6.07) is 3.99. The lowest BCUT2D eigenvalue weighted by molar-refractivity contribution is -0.145. The second-order valence-corrected chi connectivity index (χ2v) is 20.1. The topological polar surface area (TPSA) is 409 Å². The van der Waals surface area contributed by atoms with Crippen LogP contribution in [0.5, 0.6) is 5.75 Å². The highest BCUT2D eigenvalue weighted by Crippen LogP contribution is 2.21. The molecule has 1 aliphatic rings. The van der Waals surface area contributed by atoms with E-state index in [0.29, 0.717) is 29.0 Å². The molecule has 3 aromatic rings. The van der Waals surface area contributed by atoms with Crippen LogP contribution in [-0.4, -0.2) is 162 Å². The first-order valence-corrected chi connectivity index (χ1v) is 26.6. The molecule has 0 saturated carbocycles. The molecule has 25 nitrogen and oxygen atoms in total. The van der Waals surface area contributed by atoms with Crippen LogP contribution in [0.2, 0.25) is 0 Å². The van der Waals surface area contributed by atoms with Crippen LogP contribution in [0.4, 0.5) is 0 Å². The van der Waals surface area contributed by atoms with E-state index in [9.17, 15) is 58.5 Å². The zero-order chi connectivity index (χ0) is 56.6. The first-order valence-electron chi connectivity index (χ1n) is 25.4. The summed E-state index contributed by atoms with van der Waals surface area (Å²) in [6.07, 6.45) is 4.20. The summed E-state index contributed by atoms with van der Waals surface area (Å²) in [7, 11) is 0. The van der Waals surface area contributed by atoms with Crippen LogP contribution < -0.4 is 49.1 Å². The number of aliphatic imine (C=N–C) groups is 1. The number of aromatic hydroxyl groups is 1. The van der Waals surface area contributed by atoms with E-state index in [4.69, 9.17) is 17.2 Å². The second kappa shape index (κ2) is 31.3. The quantitative estimate of drug-likeness (QED) is 0.0206. The van der Waals surface area contributed by atoms with Gasteiger partial charge in [-0.05, 0) is 67.0 Å². The van der Waals surface area contributed by atoms with Crippen molar-refractivity contribution in [2.24, 2.45) is 28.1 Å². The number of hydrogen-bond acceptors (Lipinski definition) is 14. The number of benzene rings is 2.